The molecule has 3 amide bonds. The number of rotatable bonds is 6. The predicted molar refractivity (Wildman–Crippen MR) is 69.1 cm³/mol. The first-order valence-electron chi connectivity index (χ1n) is 5.72. The number of carbonyl (C=O) groups excluding carboxylic acids is 3. The Hall–Kier alpha value is -2.70. The van der Waals surface area contributed by atoms with E-state index in [4.69, 9.17) is 10.8 Å². The van der Waals surface area contributed by atoms with Crippen LogP contribution in [0.2, 0.25) is 0 Å². The van der Waals surface area contributed by atoms with Gasteiger partial charge in [0.15, 0.2) is 0 Å². The lowest BCUT2D eigenvalue weighted by Crippen LogP contribution is -2.45. The summed E-state index contributed by atoms with van der Waals surface area (Å²) in [5.74, 6) is -3.66. The highest BCUT2D eigenvalue weighted by atomic mass is 16.4. The van der Waals surface area contributed by atoms with Crippen molar-refractivity contribution in [2.45, 2.75) is 18.9 Å². The molecule has 0 spiro atoms. The van der Waals surface area contributed by atoms with E-state index < -0.39 is 29.7 Å². The second kappa shape index (κ2) is 5.96. The lowest BCUT2D eigenvalue weighted by Gasteiger charge is -2.21. The monoisotopic (exact) mass is 278 g/mol. The summed E-state index contributed by atoms with van der Waals surface area (Å²) in [5.41, 5.74) is 4.85. The van der Waals surface area contributed by atoms with Gasteiger partial charge in [-0.2, -0.15) is 0 Å². The predicted octanol–water partition coefficient (Wildman–Crippen LogP) is -0.258. The molecule has 106 valence electrons. The Morgan fingerprint density at radius 3 is 2.40 bits per heavy atom. The molecule has 1 heterocycles. The highest BCUT2D eigenvalue weighted by Crippen LogP contribution is 2.27. The zero-order valence-corrected chi connectivity index (χ0v) is 10.7. The molecule has 0 radical (unpaired) electrons. The van der Waals surface area contributed by atoms with Crippen LogP contribution in [0.5, 0.6) is 0 Å². The van der Waals surface area contributed by atoms with Crippen LogP contribution in [-0.2, 0) is 19.2 Å². The van der Waals surface area contributed by atoms with Crippen LogP contribution < -0.4 is 5.73 Å². The molecule has 1 aliphatic rings. The maximum Gasteiger partial charge on any atom is 0.326 e. The quantitative estimate of drug-likeness (QED) is 0.512. The van der Waals surface area contributed by atoms with Gasteiger partial charge in [-0.1, -0.05) is 19.2 Å². The van der Waals surface area contributed by atoms with E-state index in [0.29, 0.717) is 4.90 Å². The van der Waals surface area contributed by atoms with Crippen molar-refractivity contribution in [1.82, 2.24) is 4.90 Å². The summed E-state index contributed by atoms with van der Waals surface area (Å²) < 4.78 is 0. The zero-order chi connectivity index (χ0) is 15.4. The molecule has 1 atom stereocenters. The van der Waals surface area contributed by atoms with Crippen molar-refractivity contribution in [3.63, 3.8) is 0 Å². The van der Waals surface area contributed by atoms with Crippen LogP contribution in [0.3, 0.4) is 0 Å². The second-order valence-electron chi connectivity index (χ2n) is 4.13. The van der Waals surface area contributed by atoms with Crippen LogP contribution in [0, 0.1) is 0 Å². The van der Waals surface area contributed by atoms with Crippen LogP contribution in [0.25, 0.3) is 0 Å². The summed E-state index contributed by atoms with van der Waals surface area (Å²) in [6, 6.07) is -1.45. The molecule has 1 fully saturated rings. The number of carboxylic acid groups (broad SMARTS) is 1. The third kappa shape index (κ3) is 2.82. The molecule has 0 aromatic heterocycles. The highest BCUT2D eigenvalue weighted by molar-refractivity contribution is 6.25. The molecule has 1 aliphatic heterocycles. The van der Waals surface area contributed by atoms with Gasteiger partial charge < -0.3 is 10.8 Å². The molecule has 0 aromatic carbocycles. The van der Waals surface area contributed by atoms with Crippen LogP contribution >= 0.6 is 0 Å². The fraction of sp³-hybridized carbons (Fsp3) is 0.231. The Balaban J connectivity index is 3.11. The molecule has 1 saturated heterocycles. The Labute approximate surface area is 115 Å². The third-order valence-corrected chi connectivity index (χ3v) is 2.80. The van der Waals surface area contributed by atoms with Gasteiger partial charge in [-0.05, 0) is 12.5 Å². The van der Waals surface area contributed by atoms with E-state index >= 15 is 0 Å². The van der Waals surface area contributed by atoms with Crippen LogP contribution in [0.1, 0.15) is 12.8 Å². The minimum atomic E-state index is -1.45. The fourth-order valence-electron chi connectivity index (χ4n) is 1.83. The summed E-state index contributed by atoms with van der Waals surface area (Å²) in [7, 11) is 0. The highest BCUT2D eigenvalue weighted by Gasteiger charge is 2.44. The first-order valence-corrected chi connectivity index (χ1v) is 5.72. The first-order chi connectivity index (χ1) is 9.31. The van der Waals surface area contributed by atoms with Crippen LogP contribution in [-0.4, -0.2) is 39.7 Å². The Morgan fingerprint density at radius 2 is 1.95 bits per heavy atom. The lowest BCUT2D eigenvalue weighted by molar-refractivity contribution is -0.153. The Bertz CT molecular complexity index is 547. The number of likely N-dealkylation sites (tertiary alicyclic amines) is 1. The number of hydrogen-bond donors (Lipinski definition) is 2. The molecule has 7 nitrogen and oxygen atoms in total. The van der Waals surface area contributed by atoms with E-state index in [9.17, 15) is 19.2 Å². The van der Waals surface area contributed by atoms with Gasteiger partial charge in [0.05, 0.1) is 5.57 Å². The SMILES string of the molecule is C=C/C=C1\C(=C)C(=O)N(C(CCC(N)=O)C(=O)O)C1=O. The number of primary amides is 1. The van der Waals surface area contributed by atoms with Gasteiger partial charge in [0, 0.05) is 12.0 Å². The van der Waals surface area contributed by atoms with Crippen molar-refractivity contribution in [3.8, 4) is 0 Å². The molecule has 0 aromatic rings. The molecule has 1 rings (SSSR count). The third-order valence-electron chi connectivity index (χ3n) is 2.80. The Kier molecular flexibility index (Phi) is 4.58. The first kappa shape index (κ1) is 15.4. The van der Waals surface area contributed by atoms with Crippen LogP contribution in [0.4, 0.5) is 0 Å². The number of amides is 3. The smallest absolute Gasteiger partial charge is 0.326 e. The van der Waals surface area contributed by atoms with Crippen molar-refractivity contribution in [2.75, 3.05) is 0 Å². The molecule has 20 heavy (non-hydrogen) atoms. The standard InChI is InChI=1S/C13H14N2O5/c1-3-4-8-7(2)11(17)15(12(8)18)9(13(19)20)5-6-10(14)16/h3-4,9H,1-2,5-6H2,(H2,14,16)(H,19,20)/b8-4+. The molecule has 3 N–H and O–H groups in total. The number of nitrogens with zero attached hydrogens (tertiary/aromatic N) is 1. The van der Waals surface area contributed by atoms with E-state index in [-0.39, 0.29) is 24.0 Å². The van der Waals surface area contributed by atoms with Gasteiger partial charge in [-0.25, -0.2) is 4.79 Å². The number of imide groups is 1. The normalized spacial score (nSPS) is 18.5. The molecular weight excluding hydrogens is 264 g/mol. The number of aliphatic carboxylic acids is 1. The summed E-state index contributed by atoms with van der Waals surface area (Å²) in [4.78, 5) is 46.5. The minimum absolute atomic E-state index is 0.00433. The molecular formula is C13H14N2O5. The summed E-state index contributed by atoms with van der Waals surface area (Å²) >= 11 is 0. The summed E-state index contributed by atoms with van der Waals surface area (Å²) in [5, 5.41) is 9.12. The van der Waals surface area contributed by atoms with Gasteiger partial charge in [-0.3, -0.25) is 19.3 Å². The number of hydrogen-bond acceptors (Lipinski definition) is 4. The minimum Gasteiger partial charge on any atom is -0.480 e. The summed E-state index contributed by atoms with van der Waals surface area (Å²) in [6.45, 7) is 6.87. The van der Waals surface area contributed by atoms with E-state index in [2.05, 4.69) is 13.2 Å². The van der Waals surface area contributed by atoms with Gasteiger partial charge in [0.1, 0.15) is 6.04 Å². The van der Waals surface area contributed by atoms with Crippen molar-refractivity contribution in [1.29, 1.82) is 0 Å². The molecule has 0 bridgehead atoms. The topological polar surface area (TPSA) is 118 Å². The maximum atomic E-state index is 12.1. The number of allylic oxidation sites excluding steroid dienone is 2. The largest absolute Gasteiger partial charge is 0.480 e. The Morgan fingerprint density at radius 1 is 1.35 bits per heavy atom. The van der Waals surface area contributed by atoms with Crippen molar-refractivity contribution < 1.29 is 24.3 Å². The number of nitrogens with two attached hydrogens (primary N) is 1. The fourth-order valence-corrected chi connectivity index (χ4v) is 1.83. The van der Waals surface area contributed by atoms with Gasteiger partial charge >= 0.3 is 5.97 Å². The van der Waals surface area contributed by atoms with Crippen molar-refractivity contribution in [2.24, 2.45) is 5.73 Å². The van der Waals surface area contributed by atoms with Gasteiger partial charge in [-0.15, -0.1) is 0 Å². The molecule has 0 saturated carbocycles. The van der Waals surface area contributed by atoms with Crippen molar-refractivity contribution >= 4 is 23.7 Å². The molecule has 1 unspecified atom stereocenters. The second-order valence-corrected chi connectivity index (χ2v) is 4.13. The molecule has 7 heteroatoms. The average Bonchev–Trinajstić information content (AvgIpc) is 2.55. The van der Waals surface area contributed by atoms with E-state index in [1.165, 1.54) is 12.2 Å². The number of carbonyl (C=O) groups is 4. The summed E-state index contributed by atoms with van der Waals surface area (Å²) in [6.07, 6.45) is 2.10. The van der Waals surface area contributed by atoms with Crippen LogP contribution in [0.15, 0.2) is 36.5 Å². The average molecular weight is 278 g/mol. The van der Waals surface area contributed by atoms with Gasteiger partial charge in [0.25, 0.3) is 11.8 Å². The number of carboxylic acids is 1. The zero-order valence-electron chi connectivity index (χ0n) is 10.7. The van der Waals surface area contributed by atoms with Crippen molar-refractivity contribution in [3.05, 3.63) is 36.5 Å². The lowest BCUT2D eigenvalue weighted by atomic mass is 10.1. The molecule has 0 aliphatic carbocycles. The van der Waals surface area contributed by atoms with Gasteiger partial charge in [0.2, 0.25) is 5.91 Å². The van der Waals surface area contributed by atoms with E-state index in [1.807, 2.05) is 0 Å². The van der Waals surface area contributed by atoms with E-state index in [1.54, 1.807) is 0 Å². The maximum absolute atomic E-state index is 12.1. The van der Waals surface area contributed by atoms with E-state index in [0.717, 1.165) is 0 Å².